The van der Waals surface area contributed by atoms with Crippen LogP contribution in [-0.4, -0.2) is 38.4 Å². The minimum Gasteiger partial charge on any atom is -0.390 e. The predicted octanol–water partition coefficient (Wildman–Crippen LogP) is 3.81. The molecular formula is C25H39N3O2. The van der Waals surface area contributed by atoms with Crippen LogP contribution in [0.25, 0.3) is 0 Å². The van der Waals surface area contributed by atoms with Crippen LogP contribution in [0.15, 0.2) is 18.5 Å². The highest BCUT2D eigenvalue weighted by atomic mass is 16.3. The summed E-state index contributed by atoms with van der Waals surface area (Å²) in [4.78, 5) is 13.4. The van der Waals surface area contributed by atoms with Crippen molar-refractivity contribution >= 4 is 5.78 Å². The largest absolute Gasteiger partial charge is 0.390 e. The predicted molar refractivity (Wildman–Crippen MR) is 117 cm³/mol. The molecule has 2 heterocycles. The third-order valence-electron chi connectivity index (χ3n) is 9.59. The molecule has 4 fully saturated rings. The van der Waals surface area contributed by atoms with Crippen LogP contribution in [-0.2, 0) is 11.3 Å². The number of carbonyl (C=O) groups is 1. The van der Waals surface area contributed by atoms with E-state index in [1.807, 2.05) is 19.2 Å². The van der Waals surface area contributed by atoms with Gasteiger partial charge < -0.3 is 10.4 Å². The number of nitrogens with zero attached hydrogens (tertiary/aromatic N) is 2. The van der Waals surface area contributed by atoms with Gasteiger partial charge in [0, 0.05) is 18.4 Å². The van der Waals surface area contributed by atoms with Gasteiger partial charge in [-0.25, -0.2) is 0 Å². The Balaban J connectivity index is 1.37. The molecule has 0 spiro atoms. The van der Waals surface area contributed by atoms with E-state index in [0.29, 0.717) is 30.2 Å². The van der Waals surface area contributed by atoms with Gasteiger partial charge in [-0.05, 0) is 106 Å². The average Bonchev–Trinajstić information content (AvgIpc) is 3.19. The van der Waals surface area contributed by atoms with E-state index in [0.717, 1.165) is 37.0 Å². The van der Waals surface area contributed by atoms with Gasteiger partial charge in [0.25, 0.3) is 0 Å². The van der Waals surface area contributed by atoms with Gasteiger partial charge in [-0.1, -0.05) is 6.92 Å². The molecule has 5 heteroatoms. The van der Waals surface area contributed by atoms with E-state index in [4.69, 9.17) is 0 Å². The summed E-state index contributed by atoms with van der Waals surface area (Å²) >= 11 is 0. The molecule has 0 aromatic carbocycles. The molecular weight excluding hydrogens is 374 g/mol. The molecule has 1 saturated heterocycles. The molecule has 166 valence electrons. The lowest BCUT2D eigenvalue weighted by atomic mass is 9.46. The SMILES string of the molecule is CC1CC2C3CC[C@@H]4C[C@](C)(O)CC[C@@H]4C3CC[C@]2(C)[C@@H](C(=O)Cn2cccn2)N1. The van der Waals surface area contributed by atoms with E-state index < -0.39 is 5.60 Å². The molecule has 0 radical (unpaired) electrons. The zero-order valence-corrected chi connectivity index (χ0v) is 18.9. The van der Waals surface area contributed by atoms with Gasteiger partial charge in [0.15, 0.2) is 5.78 Å². The maximum Gasteiger partial charge on any atom is 0.171 e. The zero-order chi connectivity index (χ0) is 21.1. The fraction of sp³-hybridized carbons (Fsp3) is 0.840. The number of piperidine rings is 1. The molecule has 1 aliphatic heterocycles. The van der Waals surface area contributed by atoms with E-state index in [1.165, 1.54) is 32.1 Å². The van der Waals surface area contributed by atoms with E-state index in [-0.39, 0.29) is 11.5 Å². The lowest BCUT2D eigenvalue weighted by Crippen LogP contribution is -2.65. The van der Waals surface area contributed by atoms with Crippen molar-refractivity contribution in [2.24, 2.45) is 35.0 Å². The summed E-state index contributed by atoms with van der Waals surface area (Å²) < 4.78 is 1.77. The molecule has 1 aromatic rings. The Labute approximate surface area is 181 Å². The first-order valence-electron chi connectivity index (χ1n) is 12.3. The van der Waals surface area contributed by atoms with E-state index in [1.54, 1.807) is 10.9 Å². The summed E-state index contributed by atoms with van der Waals surface area (Å²) in [7, 11) is 0. The maximum absolute atomic E-state index is 13.4. The summed E-state index contributed by atoms with van der Waals surface area (Å²) in [5.41, 5.74) is -0.407. The van der Waals surface area contributed by atoms with Crippen LogP contribution in [0.4, 0.5) is 0 Å². The van der Waals surface area contributed by atoms with Crippen molar-refractivity contribution in [3.63, 3.8) is 0 Å². The Morgan fingerprint density at radius 3 is 2.73 bits per heavy atom. The van der Waals surface area contributed by atoms with Crippen molar-refractivity contribution in [3.05, 3.63) is 18.5 Å². The zero-order valence-electron chi connectivity index (χ0n) is 18.9. The molecule has 0 amide bonds. The molecule has 5 rings (SSSR count). The molecule has 9 atom stereocenters. The number of fused-ring (bicyclic) bond motifs is 5. The van der Waals surface area contributed by atoms with Crippen LogP contribution in [0.1, 0.15) is 72.1 Å². The fourth-order valence-corrected chi connectivity index (χ4v) is 8.26. The number of hydrogen-bond acceptors (Lipinski definition) is 4. The lowest BCUT2D eigenvalue weighted by molar-refractivity contribution is -0.143. The standard InChI is InChI=1S/C25H39N3O2/c1-16-13-21-20-6-5-17-14-24(2,30)9-7-18(17)19(20)8-10-25(21,3)23(27-16)22(29)15-28-12-4-11-26-28/h4,11-12,16-21,23,27,30H,5-10,13-15H2,1-3H3/t16?,17-,18+,19?,20?,21?,23-,24-,25+/m1/s1. The quantitative estimate of drug-likeness (QED) is 0.791. The number of rotatable bonds is 3. The molecule has 0 bridgehead atoms. The summed E-state index contributed by atoms with van der Waals surface area (Å²) in [6, 6.07) is 2.21. The number of aromatic nitrogens is 2. The van der Waals surface area contributed by atoms with Crippen molar-refractivity contribution in [1.29, 1.82) is 0 Å². The molecule has 2 N–H and O–H groups in total. The van der Waals surface area contributed by atoms with Gasteiger partial charge in [0.05, 0.1) is 11.6 Å². The fourth-order valence-electron chi connectivity index (χ4n) is 8.26. The molecule has 4 aliphatic rings. The van der Waals surface area contributed by atoms with Gasteiger partial charge >= 0.3 is 0 Å². The molecule has 3 aliphatic carbocycles. The summed E-state index contributed by atoms with van der Waals surface area (Å²) in [6.45, 7) is 7.07. The number of aliphatic hydroxyl groups is 1. The van der Waals surface area contributed by atoms with Crippen LogP contribution >= 0.6 is 0 Å². The normalized spacial score (nSPS) is 48.3. The molecule has 30 heavy (non-hydrogen) atoms. The molecule has 5 nitrogen and oxygen atoms in total. The Hall–Kier alpha value is -1.20. The second kappa shape index (κ2) is 7.44. The summed E-state index contributed by atoms with van der Waals surface area (Å²) in [5.74, 6) is 3.96. The number of nitrogens with one attached hydrogen (secondary N) is 1. The Morgan fingerprint density at radius 1 is 1.17 bits per heavy atom. The highest BCUT2D eigenvalue weighted by molar-refractivity contribution is 5.85. The van der Waals surface area contributed by atoms with Gasteiger partial charge in [0.2, 0.25) is 0 Å². The van der Waals surface area contributed by atoms with Gasteiger partial charge in [-0.15, -0.1) is 0 Å². The van der Waals surface area contributed by atoms with Crippen LogP contribution in [0, 0.1) is 35.0 Å². The Bertz CT molecular complexity index is 775. The molecule has 1 aromatic heterocycles. The maximum atomic E-state index is 13.4. The van der Waals surface area contributed by atoms with Crippen molar-refractivity contribution < 1.29 is 9.90 Å². The van der Waals surface area contributed by atoms with Crippen LogP contribution in [0.3, 0.4) is 0 Å². The van der Waals surface area contributed by atoms with Crippen LogP contribution in [0.2, 0.25) is 0 Å². The van der Waals surface area contributed by atoms with Crippen LogP contribution in [0.5, 0.6) is 0 Å². The average molecular weight is 414 g/mol. The van der Waals surface area contributed by atoms with Crippen molar-refractivity contribution in [2.45, 2.75) is 96.4 Å². The minimum absolute atomic E-state index is 0.0465. The third kappa shape index (κ3) is 3.46. The van der Waals surface area contributed by atoms with E-state index in [2.05, 4.69) is 24.3 Å². The first kappa shape index (κ1) is 20.7. The van der Waals surface area contributed by atoms with Crippen LogP contribution < -0.4 is 5.32 Å². The Morgan fingerprint density at radius 2 is 1.97 bits per heavy atom. The van der Waals surface area contributed by atoms with E-state index in [9.17, 15) is 9.90 Å². The highest BCUT2D eigenvalue weighted by Gasteiger charge is 2.58. The number of Topliss-reactive ketones (excluding diaryl/α,β-unsaturated/α-hetero) is 1. The third-order valence-corrected chi connectivity index (χ3v) is 9.59. The lowest BCUT2D eigenvalue weighted by Gasteiger charge is -2.61. The molecule has 4 unspecified atom stereocenters. The molecule has 3 saturated carbocycles. The second-order valence-electron chi connectivity index (χ2n) is 11.6. The number of hydrogen-bond donors (Lipinski definition) is 2. The van der Waals surface area contributed by atoms with Gasteiger partial charge in [-0.2, -0.15) is 5.10 Å². The number of ketones is 1. The Kier molecular flexibility index (Phi) is 5.13. The first-order chi connectivity index (χ1) is 14.3. The monoisotopic (exact) mass is 413 g/mol. The topological polar surface area (TPSA) is 67.1 Å². The van der Waals surface area contributed by atoms with Crippen molar-refractivity contribution in [1.82, 2.24) is 15.1 Å². The van der Waals surface area contributed by atoms with Gasteiger partial charge in [0.1, 0.15) is 6.54 Å². The second-order valence-corrected chi connectivity index (χ2v) is 11.6. The van der Waals surface area contributed by atoms with Crippen molar-refractivity contribution in [3.8, 4) is 0 Å². The summed E-state index contributed by atoms with van der Waals surface area (Å²) in [5, 5.41) is 18.6. The number of carbonyl (C=O) groups excluding carboxylic acids is 1. The minimum atomic E-state index is -0.454. The first-order valence-corrected chi connectivity index (χ1v) is 12.3. The summed E-state index contributed by atoms with van der Waals surface area (Å²) in [6.07, 6.45) is 12.9. The highest BCUT2D eigenvalue weighted by Crippen LogP contribution is 2.61. The van der Waals surface area contributed by atoms with E-state index >= 15 is 0 Å². The van der Waals surface area contributed by atoms with Crippen molar-refractivity contribution in [2.75, 3.05) is 0 Å². The van der Waals surface area contributed by atoms with Gasteiger partial charge in [-0.3, -0.25) is 9.48 Å². The smallest absolute Gasteiger partial charge is 0.171 e.